The van der Waals surface area contributed by atoms with Gasteiger partial charge in [-0.25, -0.2) is 0 Å². The maximum Gasteiger partial charge on any atom is 0.148 e. The Labute approximate surface area is 181 Å². The average Bonchev–Trinajstić information content (AvgIpc) is 3.37. The molecule has 0 bridgehead atoms. The van der Waals surface area contributed by atoms with Crippen LogP contribution in [0.5, 0.6) is 0 Å². The number of aromatic nitrogens is 4. The Morgan fingerprint density at radius 2 is 2.13 bits per heavy atom. The molecule has 2 aromatic heterocycles. The van der Waals surface area contributed by atoms with E-state index in [1.165, 1.54) is 43.5 Å². The number of rotatable bonds is 7. The van der Waals surface area contributed by atoms with Crippen molar-refractivity contribution in [3.63, 3.8) is 0 Å². The summed E-state index contributed by atoms with van der Waals surface area (Å²) in [5.41, 5.74) is 3.07. The highest BCUT2D eigenvalue weighted by molar-refractivity contribution is 5.33. The third-order valence-corrected chi connectivity index (χ3v) is 7.32. The molecule has 5 unspecified atom stereocenters. The zero-order valence-corrected chi connectivity index (χ0v) is 19.2. The SMILES string of the molecule is Cc1cnn(C)c1C(CNc1cccnn1)C1CC2CNC(CCC(C)(C)C)C2C1. The second kappa shape index (κ2) is 8.66. The minimum Gasteiger partial charge on any atom is -0.368 e. The van der Waals surface area contributed by atoms with Gasteiger partial charge in [-0.1, -0.05) is 20.8 Å². The lowest BCUT2D eigenvalue weighted by Gasteiger charge is -2.28. The smallest absolute Gasteiger partial charge is 0.148 e. The fraction of sp³-hybridized carbons (Fsp3) is 0.708. The van der Waals surface area contributed by atoms with Gasteiger partial charge in [0, 0.05) is 37.4 Å². The molecule has 2 N–H and O–H groups in total. The first-order valence-corrected chi connectivity index (χ1v) is 11.6. The summed E-state index contributed by atoms with van der Waals surface area (Å²) in [7, 11) is 2.08. The Kier molecular flexibility index (Phi) is 6.14. The molecule has 6 heteroatoms. The third kappa shape index (κ3) is 4.69. The van der Waals surface area contributed by atoms with E-state index in [0.717, 1.165) is 24.2 Å². The van der Waals surface area contributed by atoms with Gasteiger partial charge in [0.15, 0.2) is 0 Å². The number of anilines is 1. The van der Waals surface area contributed by atoms with E-state index >= 15 is 0 Å². The van der Waals surface area contributed by atoms with E-state index in [-0.39, 0.29) is 0 Å². The van der Waals surface area contributed by atoms with Crippen LogP contribution < -0.4 is 10.6 Å². The first-order chi connectivity index (χ1) is 14.3. The number of aryl methyl sites for hydroxylation is 2. The molecule has 0 radical (unpaired) electrons. The number of nitrogens with one attached hydrogen (secondary N) is 2. The second-order valence-corrected chi connectivity index (χ2v) is 10.7. The van der Waals surface area contributed by atoms with Crippen LogP contribution in [0.25, 0.3) is 0 Å². The molecule has 1 saturated heterocycles. The van der Waals surface area contributed by atoms with Crippen LogP contribution in [0.3, 0.4) is 0 Å². The predicted molar refractivity (Wildman–Crippen MR) is 121 cm³/mol. The Morgan fingerprint density at radius 3 is 2.80 bits per heavy atom. The molecule has 2 aliphatic rings. The normalized spacial score (nSPS) is 27.2. The Hall–Kier alpha value is -1.95. The molecular formula is C24H38N6. The predicted octanol–water partition coefficient (Wildman–Crippen LogP) is 4.15. The van der Waals surface area contributed by atoms with Crippen LogP contribution in [0.15, 0.2) is 24.5 Å². The molecule has 0 amide bonds. The lowest BCUT2D eigenvalue weighted by molar-refractivity contribution is 0.298. The maximum atomic E-state index is 4.56. The van der Waals surface area contributed by atoms with E-state index in [1.807, 2.05) is 18.3 Å². The molecule has 164 valence electrons. The summed E-state index contributed by atoms with van der Waals surface area (Å²) >= 11 is 0. The average molecular weight is 411 g/mol. The summed E-state index contributed by atoms with van der Waals surface area (Å²) in [6.45, 7) is 11.3. The first-order valence-electron chi connectivity index (χ1n) is 11.6. The van der Waals surface area contributed by atoms with Crippen molar-refractivity contribution in [2.75, 3.05) is 18.4 Å². The highest BCUT2D eigenvalue weighted by Crippen LogP contribution is 2.48. The van der Waals surface area contributed by atoms with Crippen molar-refractivity contribution in [1.29, 1.82) is 0 Å². The van der Waals surface area contributed by atoms with Gasteiger partial charge in [-0.2, -0.15) is 10.2 Å². The zero-order valence-electron chi connectivity index (χ0n) is 19.2. The van der Waals surface area contributed by atoms with E-state index in [9.17, 15) is 0 Å². The summed E-state index contributed by atoms with van der Waals surface area (Å²) < 4.78 is 2.09. The van der Waals surface area contributed by atoms with Gasteiger partial charge in [0.05, 0.1) is 6.20 Å². The molecule has 0 spiro atoms. The lowest BCUT2D eigenvalue weighted by Crippen LogP contribution is -2.30. The minimum atomic E-state index is 0.409. The van der Waals surface area contributed by atoms with Crippen LogP contribution in [0.2, 0.25) is 0 Å². The highest BCUT2D eigenvalue weighted by atomic mass is 15.3. The monoisotopic (exact) mass is 410 g/mol. The molecule has 3 heterocycles. The largest absolute Gasteiger partial charge is 0.368 e. The van der Waals surface area contributed by atoms with Gasteiger partial charge in [-0.3, -0.25) is 4.68 Å². The Bertz CT molecular complexity index is 804. The van der Waals surface area contributed by atoms with Gasteiger partial charge >= 0.3 is 0 Å². The molecule has 1 aliphatic heterocycles. The van der Waals surface area contributed by atoms with Crippen molar-refractivity contribution >= 4 is 5.82 Å². The highest BCUT2D eigenvalue weighted by Gasteiger charge is 2.46. The van der Waals surface area contributed by atoms with Crippen molar-refractivity contribution < 1.29 is 0 Å². The minimum absolute atomic E-state index is 0.409. The van der Waals surface area contributed by atoms with E-state index in [0.29, 0.717) is 23.3 Å². The Morgan fingerprint density at radius 1 is 1.30 bits per heavy atom. The van der Waals surface area contributed by atoms with Crippen molar-refractivity contribution in [2.24, 2.45) is 30.2 Å². The summed E-state index contributed by atoms with van der Waals surface area (Å²) in [6.07, 6.45) is 8.93. The van der Waals surface area contributed by atoms with Crippen molar-refractivity contribution in [2.45, 2.75) is 65.3 Å². The lowest BCUT2D eigenvalue weighted by atomic mass is 9.82. The molecular weight excluding hydrogens is 372 g/mol. The molecule has 6 nitrogen and oxygen atoms in total. The topological polar surface area (TPSA) is 67.7 Å². The third-order valence-electron chi connectivity index (χ3n) is 7.32. The molecule has 5 atom stereocenters. The van der Waals surface area contributed by atoms with E-state index in [4.69, 9.17) is 0 Å². The number of hydrogen-bond donors (Lipinski definition) is 2. The molecule has 1 saturated carbocycles. The molecule has 1 aliphatic carbocycles. The van der Waals surface area contributed by atoms with Crippen LogP contribution >= 0.6 is 0 Å². The van der Waals surface area contributed by atoms with Gasteiger partial charge in [-0.05, 0) is 80.0 Å². The van der Waals surface area contributed by atoms with Crippen molar-refractivity contribution in [3.8, 4) is 0 Å². The van der Waals surface area contributed by atoms with Gasteiger partial charge < -0.3 is 10.6 Å². The fourth-order valence-corrected chi connectivity index (χ4v) is 5.80. The molecule has 2 aromatic rings. The van der Waals surface area contributed by atoms with Gasteiger partial charge in [0.25, 0.3) is 0 Å². The molecule has 0 aromatic carbocycles. The summed E-state index contributed by atoms with van der Waals surface area (Å²) in [4.78, 5) is 0. The molecule has 4 rings (SSSR count). The van der Waals surface area contributed by atoms with Crippen LogP contribution in [-0.4, -0.2) is 39.1 Å². The van der Waals surface area contributed by atoms with E-state index in [1.54, 1.807) is 6.20 Å². The van der Waals surface area contributed by atoms with Crippen LogP contribution in [0.1, 0.15) is 63.6 Å². The number of nitrogens with zero attached hydrogens (tertiary/aromatic N) is 4. The zero-order chi connectivity index (χ0) is 21.3. The quantitative estimate of drug-likeness (QED) is 0.718. The second-order valence-electron chi connectivity index (χ2n) is 10.7. The van der Waals surface area contributed by atoms with Crippen LogP contribution in [-0.2, 0) is 7.05 Å². The molecule has 30 heavy (non-hydrogen) atoms. The van der Waals surface area contributed by atoms with E-state index < -0.39 is 0 Å². The number of fused-ring (bicyclic) bond motifs is 1. The van der Waals surface area contributed by atoms with Gasteiger partial charge in [0.1, 0.15) is 5.82 Å². The Balaban J connectivity index is 1.49. The van der Waals surface area contributed by atoms with Crippen LogP contribution in [0, 0.1) is 30.1 Å². The van der Waals surface area contributed by atoms with E-state index in [2.05, 4.69) is 65.4 Å². The first kappa shape index (κ1) is 21.3. The van der Waals surface area contributed by atoms with Gasteiger partial charge in [0.2, 0.25) is 0 Å². The van der Waals surface area contributed by atoms with Crippen LogP contribution in [0.4, 0.5) is 5.82 Å². The standard InChI is InChI=1S/C24H38N6/c1-16-13-28-30(5)23(16)20(15-26-22-7-6-10-27-29-22)17-11-18-14-25-21(19(18)12-17)8-9-24(2,3)4/h6-7,10,13,17-21,25H,8-9,11-12,14-15H2,1-5H3,(H,26,29). The summed E-state index contributed by atoms with van der Waals surface area (Å²) in [5.74, 6) is 3.59. The van der Waals surface area contributed by atoms with Crippen molar-refractivity contribution in [3.05, 3.63) is 35.8 Å². The number of hydrogen-bond acceptors (Lipinski definition) is 5. The van der Waals surface area contributed by atoms with Gasteiger partial charge in [-0.15, -0.1) is 5.10 Å². The maximum absolute atomic E-state index is 4.56. The summed E-state index contributed by atoms with van der Waals surface area (Å²) in [6, 6.07) is 4.61. The summed E-state index contributed by atoms with van der Waals surface area (Å²) in [5, 5.41) is 20.2. The molecule has 2 fully saturated rings. The fourth-order valence-electron chi connectivity index (χ4n) is 5.80. The van der Waals surface area contributed by atoms with Crippen molar-refractivity contribution in [1.82, 2.24) is 25.3 Å².